The van der Waals surface area contributed by atoms with Gasteiger partial charge in [0.15, 0.2) is 0 Å². The van der Waals surface area contributed by atoms with Crippen LogP contribution in [0.3, 0.4) is 0 Å². The third-order valence-corrected chi connectivity index (χ3v) is 4.19. The van der Waals surface area contributed by atoms with Crippen molar-refractivity contribution >= 4 is 5.97 Å². The van der Waals surface area contributed by atoms with Gasteiger partial charge in [0.2, 0.25) is 0 Å². The quantitative estimate of drug-likeness (QED) is 0.641. The summed E-state index contributed by atoms with van der Waals surface area (Å²) in [5.74, 6) is -0.197. The molecule has 1 unspecified atom stereocenters. The van der Waals surface area contributed by atoms with E-state index in [0.717, 1.165) is 12.1 Å². The van der Waals surface area contributed by atoms with Crippen LogP contribution in [0.15, 0.2) is 30.3 Å². The van der Waals surface area contributed by atoms with E-state index in [1.165, 1.54) is 38.5 Å². The Morgan fingerprint density at radius 1 is 1.19 bits per heavy atom. The van der Waals surface area contributed by atoms with Gasteiger partial charge >= 0.3 is 5.97 Å². The Hall–Kier alpha value is -1.35. The maximum atomic E-state index is 12.0. The summed E-state index contributed by atoms with van der Waals surface area (Å²) < 4.78 is 5.38. The normalized spacial score (nSPS) is 18.0. The molecule has 1 saturated carbocycles. The van der Waals surface area contributed by atoms with Crippen LogP contribution in [0.5, 0.6) is 0 Å². The van der Waals surface area contributed by atoms with Crippen molar-refractivity contribution in [1.82, 2.24) is 5.32 Å². The lowest BCUT2D eigenvalue weighted by atomic mass is 10.1. The van der Waals surface area contributed by atoms with E-state index in [0.29, 0.717) is 12.6 Å². The van der Waals surface area contributed by atoms with Crippen molar-refractivity contribution in [3.8, 4) is 0 Å². The van der Waals surface area contributed by atoms with Gasteiger partial charge in [0.25, 0.3) is 0 Å². The van der Waals surface area contributed by atoms with Crippen molar-refractivity contribution < 1.29 is 9.53 Å². The molecule has 1 aromatic carbocycles. The third kappa shape index (κ3) is 5.88. The summed E-state index contributed by atoms with van der Waals surface area (Å²) >= 11 is 0. The molecule has 0 aromatic heterocycles. The number of nitrogens with one attached hydrogen (secondary N) is 1. The first-order chi connectivity index (χ1) is 10.3. The fourth-order valence-corrected chi connectivity index (χ4v) is 2.78. The summed E-state index contributed by atoms with van der Waals surface area (Å²) in [6.45, 7) is 3.03. The minimum atomic E-state index is -0.111. The van der Waals surface area contributed by atoms with Gasteiger partial charge in [0.05, 0.1) is 5.92 Å². The highest BCUT2D eigenvalue weighted by atomic mass is 16.5. The van der Waals surface area contributed by atoms with Crippen molar-refractivity contribution in [3.63, 3.8) is 0 Å². The van der Waals surface area contributed by atoms with Gasteiger partial charge < -0.3 is 10.1 Å². The Morgan fingerprint density at radius 3 is 2.52 bits per heavy atom. The molecule has 0 radical (unpaired) electrons. The Kier molecular flexibility index (Phi) is 6.74. The average Bonchev–Trinajstić information content (AvgIpc) is 2.80. The molecular weight excluding hydrogens is 262 g/mol. The van der Waals surface area contributed by atoms with E-state index in [2.05, 4.69) is 5.32 Å². The molecule has 1 N–H and O–H groups in total. The summed E-state index contributed by atoms with van der Waals surface area (Å²) in [7, 11) is 0. The number of rotatable bonds is 6. The Bertz CT molecular complexity index is 410. The van der Waals surface area contributed by atoms with Crippen LogP contribution >= 0.6 is 0 Å². The Labute approximate surface area is 128 Å². The highest BCUT2D eigenvalue weighted by Crippen LogP contribution is 2.17. The molecule has 1 aliphatic rings. The molecule has 1 fully saturated rings. The lowest BCUT2D eigenvalue weighted by Crippen LogP contribution is -2.35. The van der Waals surface area contributed by atoms with Crippen molar-refractivity contribution in [2.75, 3.05) is 6.54 Å². The maximum Gasteiger partial charge on any atom is 0.310 e. The third-order valence-electron chi connectivity index (χ3n) is 4.19. The zero-order chi connectivity index (χ0) is 14.9. The average molecular weight is 289 g/mol. The second-order valence-corrected chi connectivity index (χ2v) is 6.09. The zero-order valence-electron chi connectivity index (χ0n) is 13.0. The molecule has 0 spiro atoms. The number of hydrogen-bond donors (Lipinski definition) is 1. The molecule has 0 saturated heterocycles. The molecule has 0 amide bonds. The SMILES string of the molecule is CC(CNC1CCCCCC1)C(=O)OCc1ccccc1. The van der Waals surface area contributed by atoms with Gasteiger partial charge in [-0.2, -0.15) is 0 Å². The molecule has 0 bridgehead atoms. The predicted molar refractivity (Wildman–Crippen MR) is 84.9 cm³/mol. The van der Waals surface area contributed by atoms with Crippen LogP contribution in [0.2, 0.25) is 0 Å². The van der Waals surface area contributed by atoms with E-state index in [-0.39, 0.29) is 11.9 Å². The monoisotopic (exact) mass is 289 g/mol. The standard InChI is InChI=1S/C18H27NO2/c1-15(13-19-17-11-7-2-3-8-12-17)18(20)21-14-16-9-5-4-6-10-16/h4-6,9-10,15,17,19H,2-3,7-8,11-14H2,1H3. The summed E-state index contributed by atoms with van der Waals surface area (Å²) in [4.78, 5) is 12.0. The van der Waals surface area contributed by atoms with Gasteiger partial charge in [-0.1, -0.05) is 62.9 Å². The van der Waals surface area contributed by atoms with Gasteiger partial charge in [-0.05, 0) is 18.4 Å². The lowest BCUT2D eigenvalue weighted by Gasteiger charge is -2.19. The number of carbonyl (C=O) groups is 1. The van der Waals surface area contributed by atoms with Gasteiger partial charge in [-0.15, -0.1) is 0 Å². The highest BCUT2D eigenvalue weighted by Gasteiger charge is 2.17. The lowest BCUT2D eigenvalue weighted by molar-refractivity contribution is -0.149. The molecule has 3 heteroatoms. The molecule has 21 heavy (non-hydrogen) atoms. The fourth-order valence-electron chi connectivity index (χ4n) is 2.78. The minimum absolute atomic E-state index is 0.0861. The number of ether oxygens (including phenoxy) is 1. The summed E-state index contributed by atoms with van der Waals surface area (Å²) in [6, 6.07) is 10.4. The molecular formula is C18H27NO2. The summed E-state index contributed by atoms with van der Waals surface area (Å²) in [6.07, 6.45) is 7.81. The number of benzene rings is 1. The van der Waals surface area contributed by atoms with Crippen molar-refractivity contribution in [1.29, 1.82) is 0 Å². The summed E-state index contributed by atoms with van der Waals surface area (Å²) in [5.41, 5.74) is 1.04. The van der Waals surface area contributed by atoms with Crippen LogP contribution in [0.1, 0.15) is 51.0 Å². The molecule has 0 heterocycles. The highest BCUT2D eigenvalue weighted by molar-refractivity contribution is 5.72. The second-order valence-electron chi connectivity index (χ2n) is 6.09. The van der Waals surface area contributed by atoms with E-state index in [1.807, 2.05) is 37.3 Å². The Balaban J connectivity index is 1.67. The van der Waals surface area contributed by atoms with Crippen LogP contribution in [-0.2, 0) is 16.1 Å². The van der Waals surface area contributed by atoms with Crippen LogP contribution in [-0.4, -0.2) is 18.6 Å². The van der Waals surface area contributed by atoms with E-state index >= 15 is 0 Å². The smallest absolute Gasteiger partial charge is 0.310 e. The minimum Gasteiger partial charge on any atom is -0.461 e. The zero-order valence-corrected chi connectivity index (χ0v) is 13.0. The predicted octanol–water partition coefficient (Wildman–Crippen LogP) is 3.68. The van der Waals surface area contributed by atoms with Crippen LogP contribution in [0.25, 0.3) is 0 Å². The van der Waals surface area contributed by atoms with Crippen molar-refractivity contribution in [2.24, 2.45) is 5.92 Å². The van der Waals surface area contributed by atoms with Crippen LogP contribution in [0, 0.1) is 5.92 Å². The van der Waals surface area contributed by atoms with Crippen LogP contribution < -0.4 is 5.32 Å². The number of esters is 1. The van der Waals surface area contributed by atoms with Crippen molar-refractivity contribution in [3.05, 3.63) is 35.9 Å². The molecule has 2 rings (SSSR count). The van der Waals surface area contributed by atoms with Gasteiger partial charge in [0, 0.05) is 12.6 Å². The van der Waals surface area contributed by atoms with Crippen LogP contribution in [0.4, 0.5) is 0 Å². The summed E-state index contributed by atoms with van der Waals surface area (Å²) in [5, 5.41) is 3.54. The first-order valence-corrected chi connectivity index (χ1v) is 8.19. The maximum absolute atomic E-state index is 12.0. The van der Waals surface area contributed by atoms with E-state index in [9.17, 15) is 4.79 Å². The fraction of sp³-hybridized carbons (Fsp3) is 0.611. The molecule has 1 aliphatic carbocycles. The van der Waals surface area contributed by atoms with E-state index in [4.69, 9.17) is 4.74 Å². The van der Waals surface area contributed by atoms with Crippen molar-refractivity contribution in [2.45, 2.75) is 58.1 Å². The van der Waals surface area contributed by atoms with E-state index in [1.54, 1.807) is 0 Å². The molecule has 3 nitrogen and oxygen atoms in total. The van der Waals surface area contributed by atoms with E-state index < -0.39 is 0 Å². The topological polar surface area (TPSA) is 38.3 Å². The molecule has 116 valence electrons. The first kappa shape index (κ1) is 16.0. The largest absolute Gasteiger partial charge is 0.461 e. The molecule has 1 atom stereocenters. The van der Waals surface area contributed by atoms with Gasteiger partial charge in [-0.3, -0.25) is 4.79 Å². The Morgan fingerprint density at radius 2 is 1.86 bits per heavy atom. The number of hydrogen-bond acceptors (Lipinski definition) is 3. The number of carbonyl (C=O) groups excluding carboxylic acids is 1. The molecule has 1 aromatic rings. The van der Waals surface area contributed by atoms with Gasteiger partial charge in [0.1, 0.15) is 6.61 Å². The van der Waals surface area contributed by atoms with Gasteiger partial charge in [-0.25, -0.2) is 0 Å². The molecule has 0 aliphatic heterocycles. The second kappa shape index (κ2) is 8.83. The first-order valence-electron chi connectivity index (χ1n) is 8.19.